The van der Waals surface area contributed by atoms with E-state index in [9.17, 15) is 19.5 Å². The van der Waals surface area contributed by atoms with Gasteiger partial charge in [-0.3, -0.25) is 9.59 Å². The lowest BCUT2D eigenvalue weighted by molar-refractivity contribution is -0.870. The topological polar surface area (TPSA) is 111 Å². The summed E-state index contributed by atoms with van der Waals surface area (Å²) in [4.78, 5) is 37.7. The molecule has 0 rings (SSSR count). The first-order valence-corrected chi connectivity index (χ1v) is 44.7. The van der Waals surface area contributed by atoms with Crippen LogP contribution in [-0.2, 0) is 33.3 Å². The number of likely N-dealkylation sites (N-methyl/N-ethyl adjacent to an activating group) is 1. The minimum atomic E-state index is -1.63. The summed E-state index contributed by atoms with van der Waals surface area (Å²) >= 11 is 0. The average molecular weight is 1470 g/mol. The third kappa shape index (κ3) is 86.8. The van der Waals surface area contributed by atoms with Crippen LogP contribution in [0.5, 0.6) is 0 Å². The van der Waals surface area contributed by atoms with Gasteiger partial charge >= 0.3 is 11.9 Å². The van der Waals surface area contributed by atoms with Crippen molar-refractivity contribution in [2.45, 2.75) is 424 Å². The zero-order valence-electron chi connectivity index (χ0n) is 69.6. The van der Waals surface area contributed by atoms with Gasteiger partial charge in [0.1, 0.15) is 13.2 Å². The van der Waals surface area contributed by atoms with Crippen LogP contribution in [0, 0.1) is 0 Å². The number of quaternary nitrogens is 1. The fraction of sp³-hybridized carbons (Fsp3) is 0.760. The summed E-state index contributed by atoms with van der Waals surface area (Å²) in [6.45, 7) is 4.68. The molecule has 0 saturated carbocycles. The maximum atomic E-state index is 13.0. The highest BCUT2D eigenvalue weighted by molar-refractivity contribution is 5.70. The van der Waals surface area contributed by atoms with Crippen LogP contribution >= 0.6 is 0 Å². The Hall–Kier alpha value is -4.31. The molecule has 9 heteroatoms. The lowest BCUT2D eigenvalue weighted by atomic mass is 10.0. The highest BCUT2D eigenvalue weighted by Gasteiger charge is 2.22. The van der Waals surface area contributed by atoms with Crippen molar-refractivity contribution in [2.75, 3.05) is 47.5 Å². The Labute approximate surface area is 650 Å². The largest absolute Gasteiger partial charge is 0.545 e. The number of carbonyl (C=O) groups excluding carboxylic acids is 3. The molecule has 9 nitrogen and oxygen atoms in total. The van der Waals surface area contributed by atoms with Crippen molar-refractivity contribution in [2.24, 2.45) is 0 Å². The van der Waals surface area contributed by atoms with Crippen LogP contribution in [0.25, 0.3) is 0 Å². The first-order chi connectivity index (χ1) is 51.6. The maximum absolute atomic E-state index is 13.0. The van der Waals surface area contributed by atoms with Gasteiger partial charge in [0.05, 0.1) is 40.3 Å². The quantitative estimate of drug-likeness (QED) is 0.0195. The van der Waals surface area contributed by atoms with Crippen LogP contribution in [-0.4, -0.2) is 82.3 Å². The predicted octanol–water partition coefficient (Wildman–Crippen LogP) is 28.0. The van der Waals surface area contributed by atoms with E-state index in [1.807, 2.05) is 21.1 Å². The summed E-state index contributed by atoms with van der Waals surface area (Å²) in [6.07, 6.45) is 119. The third-order valence-corrected chi connectivity index (χ3v) is 19.7. The molecule has 0 radical (unpaired) electrons. The molecule has 0 aromatic rings. The molecule has 0 heterocycles. The van der Waals surface area contributed by atoms with E-state index < -0.39 is 24.3 Å². The van der Waals surface area contributed by atoms with Gasteiger partial charge in [0.25, 0.3) is 0 Å². The Bertz CT molecular complexity index is 2160. The molecule has 0 aliphatic carbocycles. The molecule has 0 N–H and O–H groups in total. The van der Waals surface area contributed by atoms with Gasteiger partial charge in [0.15, 0.2) is 12.4 Å². The van der Waals surface area contributed by atoms with Gasteiger partial charge in [-0.05, 0) is 89.9 Å². The van der Waals surface area contributed by atoms with Crippen LogP contribution in [0.4, 0.5) is 0 Å². The van der Waals surface area contributed by atoms with Crippen LogP contribution in [0.15, 0.2) is 122 Å². The number of hydrogen-bond donors (Lipinski definition) is 0. The van der Waals surface area contributed by atoms with E-state index in [0.29, 0.717) is 23.9 Å². The molecule has 606 valence electrons. The van der Waals surface area contributed by atoms with E-state index in [4.69, 9.17) is 18.9 Å². The fourth-order valence-electron chi connectivity index (χ4n) is 13.0. The second kappa shape index (κ2) is 85.3. The lowest BCUT2D eigenvalue weighted by Crippen LogP contribution is -2.44. The van der Waals surface area contributed by atoms with E-state index >= 15 is 0 Å². The normalized spacial score (nSPS) is 13.2. The minimum absolute atomic E-state index is 0.144. The highest BCUT2D eigenvalue weighted by Crippen LogP contribution is 2.20. The van der Waals surface area contributed by atoms with Gasteiger partial charge in [0, 0.05) is 12.8 Å². The molecule has 0 bridgehead atoms. The summed E-state index contributed by atoms with van der Waals surface area (Å²) < 4.78 is 22.9. The second-order valence-electron chi connectivity index (χ2n) is 31.2. The average Bonchev–Trinajstić information content (AvgIpc) is 1.18. The fourth-order valence-corrected chi connectivity index (χ4v) is 13.0. The molecule has 2 atom stereocenters. The first-order valence-electron chi connectivity index (χ1n) is 44.7. The molecule has 0 fully saturated rings. The number of esters is 2. The number of carbonyl (C=O) groups is 3. The van der Waals surface area contributed by atoms with Crippen molar-refractivity contribution >= 4 is 17.9 Å². The minimum Gasteiger partial charge on any atom is -0.545 e. The first kappa shape index (κ1) is 101. The molecule has 0 aromatic carbocycles. The molecule has 0 aliphatic heterocycles. The van der Waals surface area contributed by atoms with Gasteiger partial charge in [-0.15, -0.1) is 0 Å². The second-order valence-corrected chi connectivity index (χ2v) is 31.2. The molecule has 0 aliphatic rings. The van der Waals surface area contributed by atoms with Gasteiger partial charge in [0.2, 0.25) is 0 Å². The number of carboxylic acid groups (broad SMARTS) is 1. The maximum Gasteiger partial charge on any atom is 0.306 e. The van der Waals surface area contributed by atoms with Crippen LogP contribution in [0.3, 0.4) is 0 Å². The van der Waals surface area contributed by atoms with Crippen molar-refractivity contribution in [1.29, 1.82) is 0 Å². The van der Waals surface area contributed by atoms with Gasteiger partial charge < -0.3 is 33.3 Å². The standard InChI is InChI=1S/C96H169NO8/c1-6-8-10-12-14-16-18-20-22-24-26-28-30-32-34-36-38-40-42-44-46-47-49-51-53-55-57-59-61-63-65-67-69-71-73-75-77-79-81-83-85-87-94(99)105-92(91-104-96(95(100)101)102-89-88-97(3,4)5)90-103-93(98)86-84-82-80-78-76-74-72-70-68-66-64-62-60-58-56-54-52-50-48-45-43-41-39-37-35-33-31-29-27-25-23-21-19-17-15-13-11-9-7-2/h8,10,14,16,20,22,26,28,32,34,38,40,44,46,49,51,55,57,61,63,92,96H,6-7,9,11-13,15,17-19,21,23-25,27,29-31,33,35-37,39,41-43,45,47-48,50,52-54,56,58-60,62,64-91H2,1-5H3/b10-8-,16-14-,22-20-,28-26-,34-32-,40-38-,46-44-,51-49-,57-55-,63-61-. The summed E-state index contributed by atoms with van der Waals surface area (Å²) in [5.41, 5.74) is 0. The predicted molar refractivity (Wildman–Crippen MR) is 453 cm³/mol. The van der Waals surface area contributed by atoms with Crippen molar-refractivity contribution in [3.8, 4) is 0 Å². The number of ether oxygens (including phenoxy) is 4. The van der Waals surface area contributed by atoms with Crippen LogP contribution in [0.1, 0.15) is 412 Å². The molecule has 105 heavy (non-hydrogen) atoms. The summed E-state index contributed by atoms with van der Waals surface area (Å²) in [5.74, 6) is -2.27. The molecular weight excluding hydrogens is 1300 g/mol. The molecule has 0 spiro atoms. The number of aliphatic carboxylic acids is 1. The summed E-state index contributed by atoms with van der Waals surface area (Å²) in [5, 5.41) is 11.9. The van der Waals surface area contributed by atoms with Crippen LogP contribution < -0.4 is 5.11 Å². The van der Waals surface area contributed by atoms with Crippen molar-refractivity contribution in [1.82, 2.24) is 0 Å². The SMILES string of the molecule is CC/C=C\C/C=C\C/C=C\C/C=C\C/C=C\C/C=C\C/C=C\C/C=C\C/C=C\C/C=C\CCCCCCCCCCCCC(=O)OC(COC(=O)CCCCCCCCCCCCCCCCCCCCCCCCCCCCCCCCCCCCCCCCC)COC(OCC[N+](C)(C)C)C(=O)[O-]. The Balaban J connectivity index is 3.99. The number of hydrogen-bond acceptors (Lipinski definition) is 8. The summed E-state index contributed by atoms with van der Waals surface area (Å²) in [6, 6.07) is 0. The lowest BCUT2D eigenvalue weighted by Gasteiger charge is -2.26. The van der Waals surface area contributed by atoms with E-state index in [1.54, 1.807) is 0 Å². The summed E-state index contributed by atoms with van der Waals surface area (Å²) in [7, 11) is 5.94. The molecule has 0 saturated heterocycles. The number of allylic oxidation sites excluding steroid dienone is 20. The number of unbranched alkanes of at least 4 members (excludes halogenated alkanes) is 48. The number of rotatable bonds is 83. The van der Waals surface area contributed by atoms with E-state index in [1.165, 1.54) is 270 Å². The van der Waals surface area contributed by atoms with Crippen LogP contribution in [0.2, 0.25) is 0 Å². The zero-order valence-corrected chi connectivity index (χ0v) is 69.6. The van der Waals surface area contributed by atoms with Crippen molar-refractivity contribution < 1.29 is 42.9 Å². The smallest absolute Gasteiger partial charge is 0.306 e. The van der Waals surface area contributed by atoms with Gasteiger partial charge in [-0.1, -0.05) is 431 Å². The van der Waals surface area contributed by atoms with Gasteiger partial charge in [-0.2, -0.15) is 0 Å². The molecule has 0 amide bonds. The Kier molecular flexibility index (Phi) is 81.8. The molecule has 0 aromatic heterocycles. The van der Waals surface area contributed by atoms with E-state index in [2.05, 4.69) is 135 Å². The monoisotopic (exact) mass is 1460 g/mol. The molecule has 2 unspecified atom stereocenters. The Morgan fingerprint density at radius 3 is 0.810 bits per heavy atom. The molecular formula is C96H169NO8. The highest BCUT2D eigenvalue weighted by atomic mass is 16.7. The Morgan fingerprint density at radius 2 is 0.543 bits per heavy atom. The van der Waals surface area contributed by atoms with Crippen molar-refractivity contribution in [3.63, 3.8) is 0 Å². The Morgan fingerprint density at radius 1 is 0.295 bits per heavy atom. The third-order valence-electron chi connectivity index (χ3n) is 19.7. The van der Waals surface area contributed by atoms with Gasteiger partial charge in [-0.25, -0.2) is 0 Å². The number of nitrogens with zero attached hydrogens (tertiary/aromatic N) is 1. The zero-order chi connectivity index (χ0) is 76.0. The number of carboxylic acids is 1. The van der Waals surface area contributed by atoms with E-state index in [-0.39, 0.29) is 32.2 Å². The van der Waals surface area contributed by atoms with E-state index in [0.717, 1.165) is 109 Å². The van der Waals surface area contributed by atoms with Crippen molar-refractivity contribution in [3.05, 3.63) is 122 Å².